The lowest BCUT2D eigenvalue weighted by molar-refractivity contribution is 0.0904. The van der Waals surface area contributed by atoms with Crippen molar-refractivity contribution in [3.63, 3.8) is 0 Å². The molecule has 0 bridgehead atoms. The van der Waals surface area contributed by atoms with Crippen LogP contribution in [0.3, 0.4) is 0 Å². The zero-order valence-corrected chi connectivity index (χ0v) is 17.8. The van der Waals surface area contributed by atoms with Gasteiger partial charge in [-0.15, -0.1) is 0 Å². The Morgan fingerprint density at radius 2 is 1.97 bits per heavy atom. The number of hydrogen-bond donors (Lipinski definition) is 2. The molecule has 1 aliphatic carbocycles. The number of nitrogens with one attached hydrogen (secondary N) is 2. The molecular weight excluding hydrogens is 452 g/mol. The molecule has 2 aromatic heterocycles. The standard InChI is InChI=1S/C23H18BrClN2O2/c24-14-6-9-18-17(12-14)16-2-1-3-19(22(16)26-18)27-23(28)21-11-10-20(29-21)13-4-7-15(25)8-5-13/h4-12,19,26H,1-3H2,(H,27,28). The van der Waals surface area contributed by atoms with Gasteiger partial charge in [-0.25, -0.2) is 0 Å². The van der Waals surface area contributed by atoms with Crippen LogP contribution in [-0.4, -0.2) is 10.9 Å². The quantitative estimate of drug-likeness (QED) is 0.353. The van der Waals surface area contributed by atoms with Crippen molar-refractivity contribution in [3.8, 4) is 11.3 Å². The van der Waals surface area contributed by atoms with E-state index in [2.05, 4.69) is 38.4 Å². The SMILES string of the molecule is O=C(NC1CCCc2c1[nH]c1ccc(Br)cc21)c1ccc(-c2ccc(Cl)cc2)o1. The predicted octanol–water partition coefficient (Wildman–Crippen LogP) is 6.65. The molecule has 4 nitrogen and oxygen atoms in total. The lowest BCUT2D eigenvalue weighted by Crippen LogP contribution is -2.30. The van der Waals surface area contributed by atoms with Gasteiger partial charge in [-0.1, -0.05) is 27.5 Å². The molecule has 1 aliphatic rings. The van der Waals surface area contributed by atoms with Crippen molar-refractivity contribution < 1.29 is 9.21 Å². The first-order valence-corrected chi connectivity index (χ1v) is 10.7. The van der Waals surface area contributed by atoms with Crippen LogP contribution in [0.4, 0.5) is 0 Å². The molecule has 146 valence electrons. The van der Waals surface area contributed by atoms with Crippen molar-refractivity contribution in [3.05, 3.63) is 81.1 Å². The second kappa shape index (κ2) is 7.39. The smallest absolute Gasteiger partial charge is 0.287 e. The third-order valence-corrected chi connectivity index (χ3v) is 6.18. The molecule has 1 unspecified atom stereocenters. The van der Waals surface area contributed by atoms with Crippen LogP contribution in [0.15, 0.2) is 63.5 Å². The number of hydrogen-bond acceptors (Lipinski definition) is 2. The number of aromatic nitrogens is 1. The number of halogens is 2. The summed E-state index contributed by atoms with van der Waals surface area (Å²) in [6, 6.07) is 17.1. The molecule has 0 saturated heterocycles. The predicted molar refractivity (Wildman–Crippen MR) is 118 cm³/mol. The molecule has 2 heterocycles. The van der Waals surface area contributed by atoms with Crippen LogP contribution < -0.4 is 5.32 Å². The van der Waals surface area contributed by atoms with Crippen LogP contribution in [0.1, 0.15) is 40.7 Å². The molecule has 0 saturated carbocycles. The van der Waals surface area contributed by atoms with Gasteiger partial charge in [0.1, 0.15) is 5.76 Å². The number of fused-ring (bicyclic) bond motifs is 3. The van der Waals surface area contributed by atoms with E-state index in [9.17, 15) is 4.79 Å². The number of aromatic amines is 1. The van der Waals surface area contributed by atoms with E-state index in [1.54, 1.807) is 18.2 Å². The maximum Gasteiger partial charge on any atom is 0.287 e. The van der Waals surface area contributed by atoms with Gasteiger partial charge in [0.05, 0.1) is 6.04 Å². The fourth-order valence-corrected chi connectivity index (χ4v) is 4.52. The number of rotatable bonds is 3. The monoisotopic (exact) mass is 468 g/mol. The second-order valence-corrected chi connectivity index (χ2v) is 8.65. The van der Waals surface area contributed by atoms with Crippen LogP contribution in [0.25, 0.3) is 22.2 Å². The lowest BCUT2D eigenvalue weighted by atomic mass is 9.91. The van der Waals surface area contributed by atoms with Crippen LogP contribution >= 0.6 is 27.5 Å². The van der Waals surface area contributed by atoms with Crippen molar-refractivity contribution in [2.24, 2.45) is 0 Å². The first kappa shape index (κ1) is 18.5. The molecule has 6 heteroatoms. The molecule has 4 aromatic rings. The maximum absolute atomic E-state index is 12.8. The number of aryl methyl sites for hydroxylation is 1. The topological polar surface area (TPSA) is 58.0 Å². The zero-order valence-electron chi connectivity index (χ0n) is 15.5. The van der Waals surface area contributed by atoms with E-state index in [0.717, 1.165) is 40.5 Å². The average molecular weight is 470 g/mol. The van der Waals surface area contributed by atoms with Gasteiger partial charge in [0, 0.05) is 31.7 Å². The molecule has 0 spiro atoms. The van der Waals surface area contributed by atoms with Crippen LogP contribution in [0.5, 0.6) is 0 Å². The summed E-state index contributed by atoms with van der Waals surface area (Å²) in [5.74, 6) is 0.746. The first-order valence-electron chi connectivity index (χ1n) is 9.55. The summed E-state index contributed by atoms with van der Waals surface area (Å²) in [5, 5.41) is 5.03. The van der Waals surface area contributed by atoms with Gasteiger partial charge in [0.25, 0.3) is 5.91 Å². The summed E-state index contributed by atoms with van der Waals surface area (Å²) in [7, 11) is 0. The normalized spacial score (nSPS) is 16.0. The summed E-state index contributed by atoms with van der Waals surface area (Å²) in [6.07, 6.45) is 2.95. The molecule has 1 amide bonds. The molecule has 2 N–H and O–H groups in total. The Morgan fingerprint density at radius 3 is 2.79 bits per heavy atom. The van der Waals surface area contributed by atoms with Gasteiger partial charge in [0.15, 0.2) is 5.76 Å². The van der Waals surface area contributed by atoms with Crippen LogP contribution in [-0.2, 0) is 6.42 Å². The Bertz CT molecular complexity index is 1210. The van der Waals surface area contributed by atoms with E-state index in [4.69, 9.17) is 16.0 Å². The van der Waals surface area contributed by atoms with E-state index in [0.29, 0.717) is 16.5 Å². The third-order valence-electron chi connectivity index (χ3n) is 5.43. The highest BCUT2D eigenvalue weighted by Gasteiger charge is 2.26. The molecule has 2 aromatic carbocycles. The minimum absolute atomic E-state index is 0.0542. The Balaban J connectivity index is 1.40. The number of amides is 1. The van der Waals surface area contributed by atoms with E-state index in [1.165, 1.54) is 10.9 Å². The molecule has 5 rings (SSSR count). The number of furan rings is 1. The minimum atomic E-state index is -0.206. The van der Waals surface area contributed by atoms with Gasteiger partial charge in [0.2, 0.25) is 0 Å². The minimum Gasteiger partial charge on any atom is -0.451 e. The van der Waals surface area contributed by atoms with Crippen molar-refractivity contribution in [2.75, 3.05) is 0 Å². The van der Waals surface area contributed by atoms with Crippen molar-refractivity contribution in [1.82, 2.24) is 10.3 Å². The largest absolute Gasteiger partial charge is 0.451 e. The fourth-order valence-electron chi connectivity index (χ4n) is 4.04. The lowest BCUT2D eigenvalue weighted by Gasteiger charge is -2.23. The van der Waals surface area contributed by atoms with Crippen LogP contribution in [0, 0.1) is 0 Å². The number of H-pyrrole nitrogens is 1. The Hall–Kier alpha value is -2.50. The van der Waals surface area contributed by atoms with E-state index >= 15 is 0 Å². The molecule has 0 fully saturated rings. The highest BCUT2D eigenvalue weighted by molar-refractivity contribution is 9.10. The van der Waals surface area contributed by atoms with E-state index in [1.807, 2.05) is 24.3 Å². The molecule has 0 aliphatic heterocycles. The molecule has 1 atom stereocenters. The van der Waals surface area contributed by atoms with Gasteiger partial charge >= 0.3 is 0 Å². The van der Waals surface area contributed by atoms with E-state index < -0.39 is 0 Å². The first-order chi connectivity index (χ1) is 14.1. The maximum atomic E-state index is 12.8. The van der Waals surface area contributed by atoms with Gasteiger partial charge in [-0.05, 0) is 79.4 Å². The van der Waals surface area contributed by atoms with Crippen LogP contribution in [0.2, 0.25) is 5.02 Å². The highest BCUT2D eigenvalue weighted by atomic mass is 79.9. The number of benzene rings is 2. The molecular formula is C23H18BrClN2O2. The summed E-state index contributed by atoms with van der Waals surface area (Å²) < 4.78 is 6.86. The van der Waals surface area contributed by atoms with Crippen molar-refractivity contribution >= 4 is 44.3 Å². The summed E-state index contributed by atoms with van der Waals surface area (Å²) >= 11 is 9.50. The summed E-state index contributed by atoms with van der Waals surface area (Å²) in [5.41, 5.74) is 4.37. The second-order valence-electron chi connectivity index (χ2n) is 7.30. The van der Waals surface area contributed by atoms with Gasteiger partial charge < -0.3 is 14.7 Å². The van der Waals surface area contributed by atoms with Crippen molar-refractivity contribution in [2.45, 2.75) is 25.3 Å². The zero-order chi connectivity index (χ0) is 20.0. The summed E-state index contributed by atoms with van der Waals surface area (Å²) in [4.78, 5) is 16.4. The fraction of sp³-hybridized carbons (Fsp3) is 0.174. The molecule has 29 heavy (non-hydrogen) atoms. The Kier molecular flexibility index (Phi) is 4.72. The van der Waals surface area contributed by atoms with Gasteiger partial charge in [-0.2, -0.15) is 0 Å². The van der Waals surface area contributed by atoms with E-state index in [-0.39, 0.29) is 11.9 Å². The van der Waals surface area contributed by atoms with Crippen molar-refractivity contribution in [1.29, 1.82) is 0 Å². The molecule has 0 radical (unpaired) electrons. The Morgan fingerprint density at radius 1 is 1.14 bits per heavy atom. The van der Waals surface area contributed by atoms with Gasteiger partial charge in [-0.3, -0.25) is 4.79 Å². The number of carbonyl (C=O) groups excluding carboxylic acids is 1. The third kappa shape index (κ3) is 3.49. The summed E-state index contributed by atoms with van der Waals surface area (Å²) in [6.45, 7) is 0. The number of carbonyl (C=O) groups is 1. The average Bonchev–Trinajstić information content (AvgIpc) is 3.34. The Labute approximate surface area is 181 Å². The highest BCUT2D eigenvalue weighted by Crippen LogP contribution is 2.36.